The van der Waals surface area contributed by atoms with Crippen molar-refractivity contribution in [2.24, 2.45) is 10.6 Å². The van der Waals surface area contributed by atoms with Gasteiger partial charge in [-0.05, 0) is 55.5 Å². The Morgan fingerprint density at radius 2 is 1.87 bits per heavy atom. The number of benzene rings is 2. The van der Waals surface area contributed by atoms with E-state index in [-0.39, 0.29) is 5.41 Å². The molecule has 8 heteroatoms. The Morgan fingerprint density at radius 3 is 2.58 bits per heavy atom. The second kappa shape index (κ2) is 8.36. The summed E-state index contributed by atoms with van der Waals surface area (Å²) in [4.78, 5) is 17.5. The molecule has 31 heavy (non-hydrogen) atoms. The molecule has 4 rings (SSSR count). The van der Waals surface area contributed by atoms with Gasteiger partial charge >= 0.3 is 6.09 Å². The molecule has 1 aromatic heterocycles. The second-order valence-electron chi connectivity index (χ2n) is 8.34. The zero-order valence-electron chi connectivity index (χ0n) is 17.4. The number of rotatable bonds is 3. The van der Waals surface area contributed by atoms with E-state index in [1.807, 2.05) is 41.9 Å². The molecule has 160 valence electrons. The number of halogens is 2. The summed E-state index contributed by atoms with van der Waals surface area (Å²) in [5, 5.41) is 12.3. The van der Waals surface area contributed by atoms with Crippen LogP contribution in [0, 0.1) is 12.3 Å². The van der Waals surface area contributed by atoms with Crippen LogP contribution in [0.2, 0.25) is 10.0 Å². The number of aromatic nitrogens is 2. The first-order chi connectivity index (χ1) is 14.7. The highest BCUT2D eigenvalue weighted by Crippen LogP contribution is 2.37. The molecule has 0 saturated heterocycles. The number of nitrogens with zero attached hydrogens (tertiary/aromatic N) is 3. The summed E-state index contributed by atoms with van der Waals surface area (Å²) >= 11 is 11.9. The maximum absolute atomic E-state index is 12.3. The zero-order valence-corrected chi connectivity index (χ0v) is 19.0. The fourth-order valence-electron chi connectivity index (χ4n) is 3.84. The van der Waals surface area contributed by atoms with E-state index in [0.29, 0.717) is 27.9 Å². The van der Waals surface area contributed by atoms with Gasteiger partial charge in [-0.1, -0.05) is 60.4 Å². The average Bonchev–Trinajstić information content (AvgIpc) is 3.05. The van der Waals surface area contributed by atoms with Crippen molar-refractivity contribution < 1.29 is 9.63 Å². The van der Waals surface area contributed by atoms with Crippen molar-refractivity contribution in [3.05, 3.63) is 75.5 Å². The SMILES string of the molecule is Cc1nn(-c2ccccc2)c2c1/C(=N/OC(=O)Nc1ccc(Cl)c(Cl)c1)CC(C)(C)C2. The van der Waals surface area contributed by atoms with Gasteiger partial charge in [-0.25, -0.2) is 9.48 Å². The van der Waals surface area contributed by atoms with E-state index >= 15 is 0 Å². The molecule has 2 aromatic carbocycles. The molecule has 0 unspecified atom stereocenters. The third-order valence-electron chi connectivity index (χ3n) is 5.14. The second-order valence-corrected chi connectivity index (χ2v) is 9.16. The molecule has 0 spiro atoms. The van der Waals surface area contributed by atoms with Crippen molar-refractivity contribution >= 4 is 40.7 Å². The van der Waals surface area contributed by atoms with Crippen LogP contribution in [0.3, 0.4) is 0 Å². The predicted molar refractivity (Wildman–Crippen MR) is 124 cm³/mol. The molecule has 0 atom stereocenters. The zero-order chi connectivity index (χ0) is 22.2. The van der Waals surface area contributed by atoms with Crippen molar-refractivity contribution in [2.75, 3.05) is 5.32 Å². The molecule has 0 bridgehead atoms. The Bertz CT molecular complexity index is 1170. The molecule has 1 aliphatic carbocycles. The third kappa shape index (κ3) is 4.60. The van der Waals surface area contributed by atoms with Gasteiger partial charge in [0.25, 0.3) is 0 Å². The predicted octanol–water partition coefficient (Wildman–Crippen LogP) is 6.41. The quantitative estimate of drug-likeness (QED) is 0.365. The van der Waals surface area contributed by atoms with Gasteiger partial charge in [0, 0.05) is 11.3 Å². The summed E-state index contributed by atoms with van der Waals surface area (Å²) in [6.45, 7) is 6.28. The van der Waals surface area contributed by atoms with E-state index in [4.69, 9.17) is 33.1 Å². The van der Waals surface area contributed by atoms with Gasteiger partial charge in [-0.3, -0.25) is 10.2 Å². The topological polar surface area (TPSA) is 68.5 Å². The van der Waals surface area contributed by atoms with E-state index < -0.39 is 6.09 Å². The molecule has 1 N–H and O–H groups in total. The number of carbonyl (C=O) groups excluding carboxylic acids is 1. The van der Waals surface area contributed by atoms with E-state index in [1.54, 1.807) is 18.2 Å². The van der Waals surface area contributed by atoms with Crippen molar-refractivity contribution in [3.63, 3.8) is 0 Å². The van der Waals surface area contributed by atoms with E-state index in [1.165, 1.54) is 0 Å². The van der Waals surface area contributed by atoms with Crippen LogP contribution >= 0.6 is 23.2 Å². The van der Waals surface area contributed by atoms with E-state index in [0.717, 1.165) is 29.1 Å². The number of anilines is 1. The van der Waals surface area contributed by atoms with Crippen molar-refractivity contribution in [1.29, 1.82) is 0 Å². The van der Waals surface area contributed by atoms with Gasteiger partial charge < -0.3 is 0 Å². The highest BCUT2D eigenvalue weighted by molar-refractivity contribution is 6.42. The summed E-state index contributed by atoms with van der Waals surface area (Å²) in [7, 11) is 0. The summed E-state index contributed by atoms with van der Waals surface area (Å²) in [5.41, 5.74) is 4.95. The normalized spacial score (nSPS) is 16.1. The minimum Gasteiger partial charge on any atom is -0.297 e. The summed E-state index contributed by atoms with van der Waals surface area (Å²) in [6.07, 6.45) is 0.803. The smallest absolute Gasteiger partial charge is 0.297 e. The lowest BCUT2D eigenvalue weighted by molar-refractivity contribution is 0.165. The first kappa shape index (κ1) is 21.4. The Kier molecular flexibility index (Phi) is 5.77. The summed E-state index contributed by atoms with van der Waals surface area (Å²) in [5.74, 6) is 0. The van der Waals surface area contributed by atoms with Crippen LogP contribution < -0.4 is 5.32 Å². The molecule has 0 fully saturated rings. The number of fused-ring (bicyclic) bond motifs is 1. The number of nitrogens with one attached hydrogen (secondary N) is 1. The van der Waals surface area contributed by atoms with Gasteiger partial charge in [0.2, 0.25) is 0 Å². The third-order valence-corrected chi connectivity index (χ3v) is 5.88. The van der Waals surface area contributed by atoms with Gasteiger partial charge in [0.15, 0.2) is 0 Å². The molecule has 6 nitrogen and oxygen atoms in total. The first-order valence-electron chi connectivity index (χ1n) is 9.88. The summed E-state index contributed by atoms with van der Waals surface area (Å²) < 4.78 is 1.96. The maximum atomic E-state index is 12.3. The van der Waals surface area contributed by atoms with Gasteiger partial charge in [-0.15, -0.1) is 0 Å². The number of oxime groups is 1. The minimum absolute atomic E-state index is 0.0611. The number of para-hydroxylation sites is 1. The Labute approximate surface area is 190 Å². The van der Waals surface area contributed by atoms with Crippen molar-refractivity contribution in [1.82, 2.24) is 9.78 Å². The molecule has 0 radical (unpaired) electrons. The van der Waals surface area contributed by atoms with Crippen LogP contribution in [0.15, 0.2) is 53.7 Å². The van der Waals surface area contributed by atoms with Crippen LogP contribution in [0.25, 0.3) is 5.69 Å². The lowest BCUT2D eigenvalue weighted by Gasteiger charge is -2.30. The average molecular weight is 457 g/mol. The van der Waals surface area contributed by atoms with E-state index in [9.17, 15) is 4.79 Å². The lowest BCUT2D eigenvalue weighted by Crippen LogP contribution is -2.29. The monoisotopic (exact) mass is 456 g/mol. The van der Waals surface area contributed by atoms with Crippen LogP contribution in [0.1, 0.15) is 37.2 Å². The summed E-state index contributed by atoms with van der Waals surface area (Å²) in [6, 6.07) is 14.8. The molecule has 0 aliphatic heterocycles. The number of aryl methyl sites for hydroxylation is 1. The molecular formula is C23H22Cl2N4O2. The van der Waals surface area contributed by atoms with Crippen molar-refractivity contribution in [2.45, 2.75) is 33.6 Å². The van der Waals surface area contributed by atoms with Gasteiger partial charge in [-0.2, -0.15) is 5.10 Å². The van der Waals surface area contributed by atoms with Gasteiger partial charge in [0.05, 0.1) is 32.8 Å². The fourth-order valence-corrected chi connectivity index (χ4v) is 4.14. The fraction of sp³-hybridized carbons (Fsp3) is 0.261. The Morgan fingerprint density at radius 1 is 1.13 bits per heavy atom. The maximum Gasteiger partial charge on any atom is 0.437 e. The number of amides is 1. The molecule has 0 saturated carbocycles. The standard InChI is InChI=1S/C23H22Cl2N4O2/c1-14-21-19(28-31-22(30)26-15-9-10-17(24)18(25)11-15)12-23(2,3)13-20(21)29(27-14)16-7-5-4-6-8-16/h4-11H,12-13H2,1-3H3,(H,26,30)/b28-19+. The lowest BCUT2D eigenvalue weighted by atomic mass is 9.75. The molecule has 3 aromatic rings. The highest BCUT2D eigenvalue weighted by Gasteiger charge is 2.35. The molecule has 1 heterocycles. The molecule has 1 aliphatic rings. The van der Waals surface area contributed by atoms with E-state index in [2.05, 4.69) is 24.3 Å². The van der Waals surface area contributed by atoms with Crippen molar-refractivity contribution in [3.8, 4) is 5.69 Å². The van der Waals surface area contributed by atoms with Crippen LogP contribution in [-0.2, 0) is 11.3 Å². The largest absolute Gasteiger partial charge is 0.437 e. The first-order valence-corrected chi connectivity index (χ1v) is 10.6. The highest BCUT2D eigenvalue weighted by atomic mass is 35.5. The Balaban J connectivity index is 1.62. The molecular weight excluding hydrogens is 435 g/mol. The van der Waals surface area contributed by atoms with Crippen LogP contribution in [0.4, 0.5) is 10.5 Å². The number of carbonyl (C=O) groups is 1. The van der Waals surface area contributed by atoms with Crippen LogP contribution in [0.5, 0.6) is 0 Å². The van der Waals surface area contributed by atoms with Crippen LogP contribution in [-0.4, -0.2) is 21.6 Å². The van der Waals surface area contributed by atoms with Gasteiger partial charge in [0.1, 0.15) is 0 Å². The number of hydrogen-bond donors (Lipinski definition) is 1. The minimum atomic E-state index is -0.705. The molecule has 1 amide bonds. The Hall–Kier alpha value is -2.83. The number of hydrogen-bond acceptors (Lipinski definition) is 4.